The SMILES string of the molecule is CNc1cc(C(=O)NCC2CCCOC2)cc(Cl)n1. The maximum Gasteiger partial charge on any atom is 0.251 e. The van der Waals surface area contributed by atoms with Gasteiger partial charge in [0.25, 0.3) is 5.91 Å². The first-order valence-corrected chi connectivity index (χ1v) is 6.78. The van der Waals surface area contributed by atoms with Crippen molar-refractivity contribution >= 4 is 23.3 Å². The quantitative estimate of drug-likeness (QED) is 0.829. The number of anilines is 1. The molecule has 2 rings (SSSR count). The minimum atomic E-state index is -0.133. The van der Waals surface area contributed by atoms with Crippen LogP contribution in [-0.2, 0) is 4.74 Å². The second-order valence-electron chi connectivity index (χ2n) is 4.61. The summed E-state index contributed by atoms with van der Waals surface area (Å²) >= 11 is 5.87. The van der Waals surface area contributed by atoms with Gasteiger partial charge in [-0.05, 0) is 30.9 Å². The van der Waals surface area contributed by atoms with Crippen LogP contribution in [0, 0.1) is 5.92 Å². The van der Waals surface area contributed by atoms with Gasteiger partial charge in [0.05, 0.1) is 6.61 Å². The van der Waals surface area contributed by atoms with Crippen LogP contribution in [0.2, 0.25) is 5.15 Å². The zero-order valence-electron chi connectivity index (χ0n) is 10.9. The molecule has 1 saturated heterocycles. The number of rotatable bonds is 4. The van der Waals surface area contributed by atoms with Crippen LogP contribution in [0.4, 0.5) is 5.82 Å². The molecule has 0 saturated carbocycles. The van der Waals surface area contributed by atoms with Gasteiger partial charge in [-0.1, -0.05) is 11.6 Å². The average Bonchev–Trinajstić information content (AvgIpc) is 2.45. The molecule has 1 aromatic heterocycles. The molecular formula is C13H18ClN3O2. The number of ether oxygens (including phenoxy) is 1. The number of carbonyl (C=O) groups is 1. The lowest BCUT2D eigenvalue weighted by Crippen LogP contribution is -2.33. The van der Waals surface area contributed by atoms with Gasteiger partial charge in [-0.15, -0.1) is 0 Å². The molecule has 6 heteroatoms. The van der Waals surface area contributed by atoms with Crippen LogP contribution in [-0.4, -0.2) is 37.7 Å². The van der Waals surface area contributed by atoms with Gasteiger partial charge in [-0.3, -0.25) is 4.79 Å². The van der Waals surface area contributed by atoms with Gasteiger partial charge >= 0.3 is 0 Å². The molecule has 1 fully saturated rings. The summed E-state index contributed by atoms with van der Waals surface area (Å²) in [6.45, 7) is 2.18. The van der Waals surface area contributed by atoms with Crippen molar-refractivity contribution < 1.29 is 9.53 Å². The van der Waals surface area contributed by atoms with E-state index in [1.165, 1.54) is 0 Å². The Bertz CT molecular complexity index is 448. The van der Waals surface area contributed by atoms with Gasteiger partial charge in [0.1, 0.15) is 11.0 Å². The van der Waals surface area contributed by atoms with Crippen molar-refractivity contribution in [2.75, 3.05) is 32.1 Å². The lowest BCUT2D eigenvalue weighted by molar-refractivity contribution is 0.0536. The summed E-state index contributed by atoms with van der Waals surface area (Å²) in [5.41, 5.74) is 0.515. The number of pyridine rings is 1. The molecule has 2 N–H and O–H groups in total. The van der Waals surface area contributed by atoms with E-state index in [4.69, 9.17) is 16.3 Å². The summed E-state index contributed by atoms with van der Waals surface area (Å²) < 4.78 is 5.38. The maximum absolute atomic E-state index is 12.0. The van der Waals surface area contributed by atoms with E-state index in [9.17, 15) is 4.79 Å². The molecule has 1 aliphatic rings. The number of halogens is 1. The zero-order valence-corrected chi connectivity index (χ0v) is 11.7. The molecule has 1 atom stereocenters. The molecule has 1 unspecified atom stereocenters. The highest BCUT2D eigenvalue weighted by atomic mass is 35.5. The molecule has 5 nitrogen and oxygen atoms in total. The number of nitrogens with one attached hydrogen (secondary N) is 2. The van der Waals surface area contributed by atoms with E-state index >= 15 is 0 Å². The summed E-state index contributed by atoms with van der Waals surface area (Å²) in [4.78, 5) is 16.1. The van der Waals surface area contributed by atoms with Gasteiger partial charge < -0.3 is 15.4 Å². The molecule has 2 heterocycles. The predicted octanol–water partition coefficient (Wildman–Crippen LogP) is 1.93. The summed E-state index contributed by atoms with van der Waals surface area (Å²) in [6.07, 6.45) is 2.16. The van der Waals surface area contributed by atoms with Crippen molar-refractivity contribution in [3.8, 4) is 0 Å². The third-order valence-electron chi connectivity index (χ3n) is 3.12. The van der Waals surface area contributed by atoms with Gasteiger partial charge in [-0.25, -0.2) is 4.98 Å². The van der Waals surface area contributed by atoms with Crippen molar-refractivity contribution in [3.05, 3.63) is 22.8 Å². The zero-order chi connectivity index (χ0) is 13.7. The number of carbonyl (C=O) groups excluding carboxylic acids is 1. The lowest BCUT2D eigenvalue weighted by atomic mass is 10.0. The van der Waals surface area contributed by atoms with Crippen LogP contribution in [0.5, 0.6) is 0 Å². The molecule has 0 spiro atoms. The molecule has 104 valence electrons. The fourth-order valence-electron chi connectivity index (χ4n) is 2.06. The second kappa shape index (κ2) is 6.73. The molecule has 0 radical (unpaired) electrons. The minimum Gasteiger partial charge on any atom is -0.381 e. The minimum absolute atomic E-state index is 0.133. The number of hydrogen-bond donors (Lipinski definition) is 2. The van der Waals surface area contributed by atoms with Gasteiger partial charge in [-0.2, -0.15) is 0 Å². The van der Waals surface area contributed by atoms with Crippen molar-refractivity contribution in [3.63, 3.8) is 0 Å². The molecular weight excluding hydrogens is 266 g/mol. The molecule has 0 aromatic carbocycles. The average molecular weight is 284 g/mol. The normalized spacial score (nSPS) is 18.9. The molecule has 19 heavy (non-hydrogen) atoms. The van der Waals surface area contributed by atoms with Crippen molar-refractivity contribution in [2.45, 2.75) is 12.8 Å². The Kier molecular flexibility index (Phi) is 4.99. The highest BCUT2D eigenvalue weighted by Gasteiger charge is 2.16. The maximum atomic E-state index is 12.0. The first kappa shape index (κ1) is 14.1. The van der Waals surface area contributed by atoms with Crippen LogP contribution in [0.25, 0.3) is 0 Å². The van der Waals surface area contributed by atoms with Crippen molar-refractivity contribution in [2.24, 2.45) is 5.92 Å². The lowest BCUT2D eigenvalue weighted by Gasteiger charge is -2.22. The van der Waals surface area contributed by atoms with Crippen LogP contribution in [0.3, 0.4) is 0 Å². The van der Waals surface area contributed by atoms with Gasteiger partial charge in [0, 0.05) is 25.8 Å². The number of aromatic nitrogens is 1. The van der Waals surface area contributed by atoms with E-state index in [1.807, 2.05) is 0 Å². The van der Waals surface area contributed by atoms with Gasteiger partial charge in [0.2, 0.25) is 0 Å². The molecule has 1 amide bonds. The van der Waals surface area contributed by atoms with E-state index in [0.29, 0.717) is 29.0 Å². The first-order chi connectivity index (χ1) is 9.19. The first-order valence-electron chi connectivity index (χ1n) is 6.40. The largest absolute Gasteiger partial charge is 0.381 e. The van der Waals surface area contributed by atoms with E-state index in [2.05, 4.69) is 15.6 Å². The highest BCUT2D eigenvalue weighted by molar-refractivity contribution is 6.29. The Morgan fingerprint density at radius 2 is 2.42 bits per heavy atom. The third-order valence-corrected chi connectivity index (χ3v) is 3.31. The predicted molar refractivity (Wildman–Crippen MR) is 74.7 cm³/mol. The van der Waals surface area contributed by atoms with Crippen molar-refractivity contribution in [1.29, 1.82) is 0 Å². The summed E-state index contributed by atoms with van der Waals surface area (Å²) in [7, 11) is 1.74. The Labute approximate surface area is 117 Å². The third kappa shape index (κ3) is 4.08. The summed E-state index contributed by atoms with van der Waals surface area (Å²) in [5.74, 6) is 0.851. The summed E-state index contributed by atoms with van der Waals surface area (Å²) in [5, 5.41) is 6.09. The molecule has 0 aliphatic carbocycles. The molecule has 0 bridgehead atoms. The number of hydrogen-bond acceptors (Lipinski definition) is 4. The Morgan fingerprint density at radius 3 is 3.11 bits per heavy atom. The molecule has 1 aliphatic heterocycles. The van der Waals surface area contributed by atoms with E-state index in [0.717, 1.165) is 26.1 Å². The Balaban J connectivity index is 1.93. The summed E-state index contributed by atoms with van der Waals surface area (Å²) in [6, 6.07) is 3.24. The van der Waals surface area contributed by atoms with E-state index in [1.54, 1.807) is 19.2 Å². The van der Waals surface area contributed by atoms with Crippen LogP contribution in [0.1, 0.15) is 23.2 Å². The smallest absolute Gasteiger partial charge is 0.251 e. The Hall–Kier alpha value is -1.33. The fourth-order valence-corrected chi connectivity index (χ4v) is 2.27. The van der Waals surface area contributed by atoms with Gasteiger partial charge in [0.15, 0.2) is 0 Å². The second-order valence-corrected chi connectivity index (χ2v) is 4.99. The van der Waals surface area contributed by atoms with Crippen LogP contribution >= 0.6 is 11.6 Å². The van der Waals surface area contributed by atoms with E-state index < -0.39 is 0 Å². The fraction of sp³-hybridized carbons (Fsp3) is 0.538. The Morgan fingerprint density at radius 1 is 1.58 bits per heavy atom. The topological polar surface area (TPSA) is 63.2 Å². The standard InChI is InChI=1S/C13H18ClN3O2/c1-15-12-6-10(5-11(14)17-12)13(18)16-7-9-3-2-4-19-8-9/h5-6,9H,2-4,7-8H2,1H3,(H,15,17)(H,16,18). The van der Waals surface area contributed by atoms with Crippen LogP contribution < -0.4 is 10.6 Å². The monoisotopic (exact) mass is 283 g/mol. The molecule has 1 aromatic rings. The highest BCUT2D eigenvalue weighted by Crippen LogP contribution is 2.15. The van der Waals surface area contributed by atoms with Crippen molar-refractivity contribution in [1.82, 2.24) is 10.3 Å². The van der Waals surface area contributed by atoms with Crippen LogP contribution in [0.15, 0.2) is 12.1 Å². The van der Waals surface area contributed by atoms with E-state index in [-0.39, 0.29) is 5.91 Å². The number of nitrogens with zero attached hydrogens (tertiary/aromatic N) is 1. The number of amides is 1.